The van der Waals surface area contributed by atoms with Crippen molar-refractivity contribution in [2.75, 3.05) is 0 Å². The lowest BCUT2D eigenvalue weighted by atomic mass is 10.2. The van der Waals surface area contributed by atoms with E-state index in [1.807, 2.05) is 0 Å². The van der Waals surface area contributed by atoms with Gasteiger partial charge >= 0.3 is 12.3 Å². The Labute approximate surface area is 116 Å². The molecule has 1 aromatic carbocycles. The number of carboxylic acid groups (broad SMARTS) is 1. The maximum atomic E-state index is 12.3. The minimum atomic E-state index is -4.88. The van der Waals surface area contributed by atoms with Crippen LogP contribution < -0.4 is 9.47 Å². The first-order valence-electron chi connectivity index (χ1n) is 5.57. The van der Waals surface area contributed by atoms with Crippen LogP contribution >= 0.6 is 0 Å². The van der Waals surface area contributed by atoms with E-state index in [-0.39, 0.29) is 17.1 Å². The van der Waals surface area contributed by atoms with Crippen molar-refractivity contribution in [3.63, 3.8) is 0 Å². The number of nitrogens with zero attached hydrogens (tertiary/aromatic N) is 1. The highest BCUT2D eigenvalue weighted by atomic mass is 19.4. The van der Waals surface area contributed by atoms with Crippen molar-refractivity contribution in [2.45, 2.75) is 6.36 Å². The van der Waals surface area contributed by atoms with Crippen molar-refractivity contribution in [1.82, 2.24) is 4.98 Å². The lowest BCUT2D eigenvalue weighted by molar-refractivity contribution is -0.275. The summed E-state index contributed by atoms with van der Waals surface area (Å²) < 4.78 is 45.8. The molecule has 0 atom stereocenters. The van der Waals surface area contributed by atoms with E-state index in [0.29, 0.717) is 0 Å². The predicted molar refractivity (Wildman–Crippen MR) is 64.4 cm³/mol. The van der Waals surface area contributed by atoms with Crippen LogP contribution in [-0.2, 0) is 0 Å². The molecule has 0 aliphatic heterocycles. The van der Waals surface area contributed by atoms with Gasteiger partial charge in [-0.05, 0) is 18.2 Å². The fourth-order valence-electron chi connectivity index (χ4n) is 1.50. The first-order chi connectivity index (χ1) is 9.87. The van der Waals surface area contributed by atoms with Crippen LogP contribution in [0, 0.1) is 0 Å². The third-order valence-electron chi connectivity index (χ3n) is 2.31. The highest BCUT2D eigenvalue weighted by molar-refractivity contribution is 5.90. The largest absolute Gasteiger partial charge is 0.573 e. The Morgan fingerprint density at radius 1 is 1.10 bits per heavy atom. The summed E-state index contributed by atoms with van der Waals surface area (Å²) in [5.74, 6) is -2.33. The maximum absolute atomic E-state index is 12.3. The first-order valence-corrected chi connectivity index (χ1v) is 5.57. The van der Waals surface area contributed by atoms with Crippen LogP contribution in [0.15, 0.2) is 42.7 Å². The molecular weight excluding hydrogens is 291 g/mol. The Kier molecular flexibility index (Phi) is 3.97. The molecule has 1 N–H and O–H groups in total. The number of aromatic carboxylic acids is 1. The van der Waals surface area contributed by atoms with E-state index >= 15 is 0 Å². The van der Waals surface area contributed by atoms with Gasteiger partial charge in [0.1, 0.15) is 5.56 Å². The summed E-state index contributed by atoms with van der Waals surface area (Å²) in [5, 5.41) is 8.98. The highest BCUT2D eigenvalue weighted by Crippen LogP contribution is 2.35. The number of alkyl halides is 3. The van der Waals surface area contributed by atoms with Crippen LogP contribution in [0.4, 0.5) is 13.2 Å². The lowest BCUT2D eigenvalue weighted by Gasteiger charge is -2.14. The van der Waals surface area contributed by atoms with Gasteiger partial charge in [-0.25, -0.2) is 4.79 Å². The van der Waals surface area contributed by atoms with Gasteiger partial charge in [0.2, 0.25) is 0 Å². The van der Waals surface area contributed by atoms with E-state index < -0.39 is 18.1 Å². The molecule has 0 aliphatic rings. The molecule has 0 saturated heterocycles. The molecule has 1 heterocycles. The smallest absolute Gasteiger partial charge is 0.478 e. The molecule has 2 rings (SSSR count). The molecule has 0 bridgehead atoms. The number of pyridine rings is 1. The van der Waals surface area contributed by atoms with Gasteiger partial charge < -0.3 is 14.6 Å². The summed E-state index contributed by atoms with van der Waals surface area (Å²) in [5.41, 5.74) is -0.230. The van der Waals surface area contributed by atoms with Crippen molar-refractivity contribution in [2.24, 2.45) is 0 Å². The molecule has 0 unspecified atom stereocenters. The number of benzene rings is 1. The molecule has 0 radical (unpaired) electrons. The molecule has 2 aromatic rings. The van der Waals surface area contributed by atoms with Crippen molar-refractivity contribution >= 4 is 5.97 Å². The average molecular weight is 299 g/mol. The van der Waals surface area contributed by atoms with Gasteiger partial charge in [-0.1, -0.05) is 12.1 Å². The van der Waals surface area contributed by atoms with Gasteiger partial charge in [0.25, 0.3) is 0 Å². The number of hydrogen-bond donors (Lipinski definition) is 1. The molecule has 0 amide bonds. The van der Waals surface area contributed by atoms with Gasteiger partial charge in [-0.3, -0.25) is 4.98 Å². The second kappa shape index (κ2) is 5.70. The lowest BCUT2D eigenvalue weighted by Crippen LogP contribution is -2.17. The molecule has 0 fully saturated rings. The summed E-state index contributed by atoms with van der Waals surface area (Å²) in [6.45, 7) is 0. The maximum Gasteiger partial charge on any atom is 0.573 e. The van der Waals surface area contributed by atoms with Gasteiger partial charge in [0.15, 0.2) is 17.2 Å². The van der Waals surface area contributed by atoms with Crippen LogP contribution in [-0.4, -0.2) is 22.4 Å². The predicted octanol–water partition coefficient (Wildman–Crippen LogP) is 3.47. The van der Waals surface area contributed by atoms with Crippen molar-refractivity contribution in [3.8, 4) is 17.2 Å². The van der Waals surface area contributed by atoms with Gasteiger partial charge in [-0.2, -0.15) is 0 Å². The third kappa shape index (κ3) is 3.85. The Bertz CT molecular complexity index is 658. The zero-order chi connectivity index (χ0) is 15.5. The van der Waals surface area contributed by atoms with Crippen molar-refractivity contribution in [1.29, 1.82) is 0 Å². The Balaban J connectivity index is 2.35. The third-order valence-corrected chi connectivity index (χ3v) is 2.31. The SMILES string of the molecule is O=C(O)c1ccncc1Oc1ccccc1OC(F)(F)F. The molecule has 5 nitrogen and oxygen atoms in total. The molecule has 1 aromatic heterocycles. The first kappa shape index (κ1) is 14.6. The molecule has 21 heavy (non-hydrogen) atoms. The van der Waals surface area contributed by atoms with Crippen LogP contribution in [0.25, 0.3) is 0 Å². The molecule has 110 valence electrons. The number of halogens is 3. The van der Waals surface area contributed by atoms with Crippen LogP contribution in [0.1, 0.15) is 10.4 Å². The summed E-state index contributed by atoms with van der Waals surface area (Å²) >= 11 is 0. The second-order valence-corrected chi connectivity index (χ2v) is 3.77. The normalized spacial score (nSPS) is 11.0. The number of para-hydroxylation sites is 2. The molecular formula is C13H8F3NO4. The average Bonchev–Trinajstić information content (AvgIpc) is 2.40. The second-order valence-electron chi connectivity index (χ2n) is 3.77. The summed E-state index contributed by atoms with van der Waals surface area (Å²) in [6, 6.07) is 6.20. The number of carbonyl (C=O) groups is 1. The topological polar surface area (TPSA) is 68.7 Å². The molecule has 0 aliphatic carbocycles. The van der Waals surface area contributed by atoms with Gasteiger partial charge in [-0.15, -0.1) is 13.2 Å². The minimum absolute atomic E-state index is 0.191. The number of carboxylic acids is 1. The molecule has 0 spiro atoms. The van der Waals surface area contributed by atoms with E-state index in [0.717, 1.165) is 12.3 Å². The van der Waals surface area contributed by atoms with Crippen LogP contribution in [0.3, 0.4) is 0 Å². The van der Waals surface area contributed by atoms with Crippen molar-refractivity contribution < 1.29 is 32.5 Å². The van der Waals surface area contributed by atoms with E-state index in [4.69, 9.17) is 9.84 Å². The van der Waals surface area contributed by atoms with Gasteiger partial charge in [0, 0.05) is 6.20 Å². The molecule has 8 heteroatoms. The Morgan fingerprint density at radius 3 is 2.38 bits per heavy atom. The zero-order valence-electron chi connectivity index (χ0n) is 10.3. The van der Waals surface area contributed by atoms with Gasteiger partial charge in [0.05, 0.1) is 6.20 Å². The number of rotatable bonds is 4. The number of ether oxygens (including phenoxy) is 2. The van der Waals surface area contributed by atoms with E-state index in [9.17, 15) is 18.0 Å². The quantitative estimate of drug-likeness (QED) is 0.936. The number of aromatic nitrogens is 1. The fourth-order valence-corrected chi connectivity index (χ4v) is 1.50. The highest BCUT2D eigenvalue weighted by Gasteiger charge is 2.32. The summed E-state index contributed by atoms with van der Waals surface area (Å²) in [7, 11) is 0. The Hall–Kier alpha value is -2.77. The molecule has 0 saturated carbocycles. The van der Waals surface area contributed by atoms with Crippen molar-refractivity contribution in [3.05, 3.63) is 48.3 Å². The van der Waals surface area contributed by atoms with Crippen LogP contribution in [0.2, 0.25) is 0 Å². The minimum Gasteiger partial charge on any atom is -0.478 e. The zero-order valence-corrected chi connectivity index (χ0v) is 10.3. The van der Waals surface area contributed by atoms with E-state index in [1.165, 1.54) is 30.5 Å². The Morgan fingerprint density at radius 2 is 1.76 bits per heavy atom. The van der Waals surface area contributed by atoms with E-state index in [1.54, 1.807) is 0 Å². The van der Waals surface area contributed by atoms with E-state index in [2.05, 4.69) is 9.72 Å². The monoisotopic (exact) mass is 299 g/mol. The van der Waals surface area contributed by atoms with Crippen LogP contribution in [0.5, 0.6) is 17.2 Å². The summed E-state index contributed by atoms with van der Waals surface area (Å²) in [6.07, 6.45) is -2.56. The summed E-state index contributed by atoms with van der Waals surface area (Å²) in [4.78, 5) is 14.7. The fraction of sp³-hybridized carbons (Fsp3) is 0.0769. The standard InChI is InChI=1S/C13H8F3NO4/c14-13(15,16)21-10-4-2-1-3-9(10)20-11-7-17-6-5-8(11)12(18)19/h1-7H,(H,18,19). The number of hydrogen-bond acceptors (Lipinski definition) is 4.